The first-order chi connectivity index (χ1) is 17.0. The SMILES string of the molecule is O=C(O)CCC(=O)Nc1ncnc2c1ncn2[C@@H]1O[C@@H]2COP(=O)([O-])O[C@H]2[C@H]1OC(=O)CCC(=O)O.[Na+]. The Morgan fingerprint density at radius 2 is 1.84 bits per heavy atom. The van der Waals surface area contributed by atoms with E-state index in [-0.39, 0.29) is 53.0 Å². The minimum absolute atomic E-state index is 0. The van der Waals surface area contributed by atoms with Gasteiger partial charge in [-0.05, 0) is 0 Å². The molecule has 194 valence electrons. The summed E-state index contributed by atoms with van der Waals surface area (Å²) in [5, 5.41) is 20.0. The molecule has 17 nitrogen and oxygen atoms in total. The molecule has 2 aromatic heterocycles. The summed E-state index contributed by atoms with van der Waals surface area (Å²) < 4.78 is 34.0. The zero-order valence-electron chi connectivity index (χ0n) is 19.2. The zero-order valence-corrected chi connectivity index (χ0v) is 22.1. The molecular formula is C18H19N5NaO12P. The standard InChI is InChI=1S/C18H20N5O12P.Na/c24-9(1-2-10(25)26)22-16-13-17(20-6-19-16)23(7-21-13)18-15(34-12(29)4-3-11(27)28)14-8(33-18)5-32-36(30,31)35-14;/h6-8,14-15,18H,1-5H2,(H,25,26)(H,27,28)(H,30,31)(H,19,20,22,24);/q;+1/p-1/t8-,14-,15-,18-;/m1./s1. The first-order valence-electron chi connectivity index (χ1n) is 10.4. The molecule has 3 N–H and O–H groups in total. The van der Waals surface area contributed by atoms with Gasteiger partial charge in [-0.15, -0.1) is 0 Å². The Bertz CT molecular complexity index is 1260. The van der Waals surface area contributed by atoms with Crippen LogP contribution in [0.15, 0.2) is 12.7 Å². The van der Waals surface area contributed by atoms with Gasteiger partial charge in [0.25, 0.3) is 7.82 Å². The van der Waals surface area contributed by atoms with Crippen LogP contribution in [0.2, 0.25) is 0 Å². The molecule has 19 heteroatoms. The van der Waals surface area contributed by atoms with Crippen LogP contribution >= 0.6 is 7.82 Å². The van der Waals surface area contributed by atoms with Gasteiger partial charge in [0.15, 0.2) is 29.3 Å². The molecule has 0 aromatic carbocycles. The molecule has 0 aliphatic carbocycles. The van der Waals surface area contributed by atoms with Gasteiger partial charge in [0.2, 0.25) is 5.91 Å². The van der Waals surface area contributed by atoms with Crippen LogP contribution in [-0.4, -0.2) is 78.5 Å². The molecule has 4 rings (SSSR count). The minimum Gasteiger partial charge on any atom is -0.756 e. The molecule has 5 atom stereocenters. The number of carboxylic acids is 2. The summed E-state index contributed by atoms with van der Waals surface area (Å²) in [6.07, 6.45) is -4.23. The normalized spacial score (nSPS) is 26.6. The third kappa shape index (κ3) is 6.88. The average molecular weight is 551 g/mol. The number of amides is 1. The van der Waals surface area contributed by atoms with Gasteiger partial charge in [0.05, 0.1) is 32.2 Å². The number of aromatic nitrogens is 4. The van der Waals surface area contributed by atoms with Gasteiger partial charge in [-0.25, -0.2) is 15.0 Å². The Hall–Kier alpha value is -2.50. The van der Waals surface area contributed by atoms with Gasteiger partial charge >= 0.3 is 47.5 Å². The Labute approximate surface area is 229 Å². The third-order valence-electron chi connectivity index (χ3n) is 5.20. The number of rotatable bonds is 9. The Morgan fingerprint density at radius 3 is 2.54 bits per heavy atom. The molecule has 0 radical (unpaired) electrons. The molecule has 0 bridgehead atoms. The van der Waals surface area contributed by atoms with Crippen LogP contribution in [0.4, 0.5) is 5.82 Å². The summed E-state index contributed by atoms with van der Waals surface area (Å²) in [4.78, 5) is 69.9. The second-order valence-corrected chi connectivity index (χ2v) is 9.08. The monoisotopic (exact) mass is 551 g/mol. The van der Waals surface area contributed by atoms with Crippen LogP contribution in [0.25, 0.3) is 11.2 Å². The summed E-state index contributed by atoms with van der Waals surface area (Å²) in [5.74, 6) is -3.97. The number of esters is 1. The number of phosphoric acid groups is 1. The van der Waals surface area contributed by atoms with Crippen molar-refractivity contribution >= 4 is 48.6 Å². The number of fused-ring (bicyclic) bond motifs is 2. The number of ether oxygens (including phenoxy) is 2. The number of nitrogens with one attached hydrogen (secondary N) is 1. The number of imidazole rings is 1. The Morgan fingerprint density at radius 1 is 1.14 bits per heavy atom. The topological polar surface area (TPSA) is 241 Å². The molecule has 4 heterocycles. The largest absolute Gasteiger partial charge is 1.00 e. The summed E-state index contributed by atoms with van der Waals surface area (Å²) in [5.41, 5.74) is 0.183. The molecule has 2 aliphatic rings. The molecule has 2 aromatic rings. The fraction of sp³-hybridized carbons (Fsp3) is 0.500. The molecule has 0 saturated carbocycles. The van der Waals surface area contributed by atoms with E-state index in [0.29, 0.717) is 0 Å². The maximum absolute atomic E-state index is 12.3. The molecular weight excluding hydrogens is 532 g/mol. The van der Waals surface area contributed by atoms with Crippen LogP contribution < -0.4 is 39.8 Å². The van der Waals surface area contributed by atoms with Crippen LogP contribution in [-0.2, 0) is 42.3 Å². The van der Waals surface area contributed by atoms with Crippen molar-refractivity contribution in [3.8, 4) is 0 Å². The first-order valence-corrected chi connectivity index (χ1v) is 11.9. The molecule has 2 aliphatic heterocycles. The average Bonchev–Trinajstić information content (AvgIpc) is 3.38. The van der Waals surface area contributed by atoms with Crippen LogP contribution in [0.5, 0.6) is 0 Å². The van der Waals surface area contributed by atoms with E-state index in [9.17, 15) is 28.6 Å². The van der Waals surface area contributed by atoms with E-state index in [1.165, 1.54) is 10.9 Å². The van der Waals surface area contributed by atoms with E-state index in [4.69, 9.17) is 24.2 Å². The summed E-state index contributed by atoms with van der Waals surface area (Å²) in [6, 6.07) is 0. The van der Waals surface area contributed by atoms with E-state index in [2.05, 4.69) is 24.8 Å². The zero-order chi connectivity index (χ0) is 26.0. The van der Waals surface area contributed by atoms with E-state index >= 15 is 0 Å². The summed E-state index contributed by atoms with van der Waals surface area (Å²) >= 11 is 0. The van der Waals surface area contributed by atoms with Gasteiger partial charge in [-0.3, -0.25) is 28.3 Å². The van der Waals surface area contributed by atoms with Crippen molar-refractivity contribution in [2.24, 2.45) is 0 Å². The molecule has 37 heavy (non-hydrogen) atoms. The number of hydrogen-bond acceptors (Lipinski definition) is 13. The number of carbonyl (C=O) groups excluding carboxylic acids is 2. The van der Waals surface area contributed by atoms with Crippen molar-refractivity contribution in [1.29, 1.82) is 0 Å². The molecule has 1 unspecified atom stereocenters. The van der Waals surface area contributed by atoms with Crippen molar-refractivity contribution < 1.29 is 86.9 Å². The van der Waals surface area contributed by atoms with E-state index < -0.39 is 82.0 Å². The summed E-state index contributed by atoms with van der Waals surface area (Å²) in [6.45, 7) is -0.419. The first kappa shape index (κ1) is 29.1. The fourth-order valence-electron chi connectivity index (χ4n) is 3.63. The van der Waals surface area contributed by atoms with Gasteiger partial charge in [0, 0.05) is 6.42 Å². The van der Waals surface area contributed by atoms with Crippen molar-refractivity contribution in [3.63, 3.8) is 0 Å². The molecule has 0 spiro atoms. The van der Waals surface area contributed by atoms with E-state index in [0.717, 1.165) is 6.33 Å². The predicted octanol–water partition coefficient (Wildman–Crippen LogP) is -3.81. The van der Waals surface area contributed by atoms with Crippen LogP contribution in [0, 0.1) is 0 Å². The van der Waals surface area contributed by atoms with Crippen molar-refractivity contribution in [3.05, 3.63) is 12.7 Å². The maximum Gasteiger partial charge on any atom is 1.00 e. The van der Waals surface area contributed by atoms with Gasteiger partial charge in [-0.1, -0.05) is 0 Å². The fourth-order valence-corrected chi connectivity index (χ4v) is 4.57. The van der Waals surface area contributed by atoms with E-state index in [1.54, 1.807) is 0 Å². The van der Waals surface area contributed by atoms with Crippen molar-refractivity contribution in [1.82, 2.24) is 19.5 Å². The molecule has 1 amide bonds. The van der Waals surface area contributed by atoms with Crippen LogP contribution in [0.1, 0.15) is 31.9 Å². The number of anilines is 1. The smallest absolute Gasteiger partial charge is 0.756 e. The second-order valence-electron chi connectivity index (χ2n) is 7.71. The number of nitrogens with zero attached hydrogens (tertiary/aromatic N) is 4. The Kier molecular flexibility index (Phi) is 9.36. The minimum atomic E-state index is -4.71. The van der Waals surface area contributed by atoms with E-state index in [1.807, 2.05) is 0 Å². The summed E-state index contributed by atoms with van der Waals surface area (Å²) in [7, 11) is -4.71. The quantitative estimate of drug-likeness (QED) is 0.154. The number of phosphoric ester groups is 1. The maximum atomic E-state index is 12.3. The van der Waals surface area contributed by atoms with Gasteiger partial charge < -0.3 is 38.9 Å². The van der Waals surface area contributed by atoms with Gasteiger partial charge in [0.1, 0.15) is 18.5 Å². The number of hydrogen-bond donors (Lipinski definition) is 3. The number of carbonyl (C=O) groups is 4. The Balaban J connectivity index is 0.00000380. The second kappa shape index (κ2) is 11.9. The number of aliphatic carboxylic acids is 2. The predicted molar refractivity (Wildman–Crippen MR) is 110 cm³/mol. The van der Waals surface area contributed by atoms with Crippen molar-refractivity contribution in [2.75, 3.05) is 11.9 Å². The van der Waals surface area contributed by atoms with Crippen LogP contribution in [0.3, 0.4) is 0 Å². The molecule has 2 fully saturated rings. The van der Waals surface area contributed by atoms with Gasteiger partial charge in [-0.2, -0.15) is 0 Å². The third-order valence-corrected chi connectivity index (χ3v) is 6.17. The molecule has 2 saturated heterocycles. The van der Waals surface area contributed by atoms with Crippen molar-refractivity contribution in [2.45, 2.75) is 50.2 Å². The number of carboxylic acid groups (broad SMARTS) is 2.